The van der Waals surface area contributed by atoms with E-state index in [9.17, 15) is 0 Å². The number of hydrogen-bond acceptors (Lipinski definition) is 3. The highest BCUT2D eigenvalue weighted by Gasteiger charge is 2.10. The van der Waals surface area contributed by atoms with Crippen molar-refractivity contribution in [3.05, 3.63) is 24.0 Å². The number of nitrogens with zero attached hydrogens (tertiary/aromatic N) is 2. The molecule has 20 heavy (non-hydrogen) atoms. The molecule has 0 spiro atoms. The maximum Gasteiger partial charge on any atom is 0.121 e. The molecule has 0 fully saturated rings. The lowest BCUT2D eigenvalue weighted by Crippen LogP contribution is -2.02. The number of aromatic nitrogens is 2. The molecule has 4 heteroatoms. The molecule has 0 saturated heterocycles. The van der Waals surface area contributed by atoms with Gasteiger partial charge in [0.15, 0.2) is 0 Å². The van der Waals surface area contributed by atoms with E-state index in [0.717, 1.165) is 23.6 Å². The van der Waals surface area contributed by atoms with Gasteiger partial charge < -0.3 is 9.30 Å². The Labute approximate surface area is 126 Å². The number of fused-ring (bicyclic) bond motifs is 1. The van der Waals surface area contributed by atoms with E-state index < -0.39 is 0 Å². The molecule has 1 heterocycles. The van der Waals surface area contributed by atoms with Gasteiger partial charge in [0.1, 0.15) is 11.6 Å². The van der Waals surface area contributed by atoms with Crippen molar-refractivity contribution in [2.45, 2.75) is 51.3 Å². The molecule has 1 aromatic carbocycles. The molecule has 0 aliphatic rings. The van der Waals surface area contributed by atoms with E-state index >= 15 is 0 Å². The fourth-order valence-electron chi connectivity index (χ4n) is 2.53. The highest BCUT2D eigenvalue weighted by atomic mass is 32.1. The largest absolute Gasteiger partial charge is 0.497 e. The third kappa shape index (κ3) is 3.48. The predicted molar refractivity (Wildman–Crippen MR) is 87.7 cm³/mol. The number of benzene rings is 1. The van der Waals surface area contributed by atoms with Gasteiger partial charge in [0.2, 0.25) is 0 Å². The van der Waals surface area contributed by atoms with Gasteiger partial charge in [-0.15, -0.1) is 0 Å². The molecule has 2 aromatic rings. The predicted octanol–water partition coefficient (Wildman–Crippen LogP) is 4.45. The first-order valence-corrected chi connectivity index (χ1v) is 8.07. The summed E-state index contributed by atoms with van der Waals surface area (Å²) in [7, 11) is 1.69. The summed E-state index contributed by atoms with van der Waals surface area (Å²) in [4.78, 5) is 4.66. The number of unbranched alkanes of at least 4 members (excludes halogenated alkanes) is 4. The van der Waals surface area contributed by atoms with Crippen molar-refractivity contribution < 1.29 is 4.74 Å². The lowest BCUT2D eigenvalue weighted by molar-refractivity contribution is 0.415. The van der Waals surface area contributed by atoms with E-state index in [1.807, 2.05) is 12.1 Å². The summed E-state index contributed by atoms with van der Waals surface area (Å²) in [5.74, 6) is 2.58. The zero-order valence-electron chi connectivity index (χ0n) is 12.4. The molecule has 0 bridgehead atoms. The van der Waals surface area contributed by atoms with Gasteiger partial charge in [-0.25, -0.2) is 4.98 Å². The van der Waals surface area contributed by atoms with Crippen LogP contribution in [0.5, 0.6) is 5.75 Å². The minimum absolute atomic E-state index is 0.673. The van der Waals surface area contributed by atoms with Gasteiger partial charge in [-0.3, -0.25) is 0 Å². The van der Waals surface area contributed by atoms with Crippen LogP contribution in [0.4, 0.5) is 0 Å². The Balaban J connectivity index is 2.13. The number of thiol groups is 1. The van der Waals surface area contributed by atoms with E-state index in [-0.39, 0.29) is 0 Å². The number of ether oxygens (including phenoxy) is 1. The summed E-state index contributed by atoms with van der Waals surface area (Å²) in [6, 6.07) is 6.09. The van der Waals surface area contributed by atoms with Crippen LogP contribution in [0, 0.1) is 0 Å². The average Bonchev–Trinajstić information content (AvgIpc) is 2.84. The SMILES string of the molecule is CCCCCCCn1c(CS)nc2cc(OC)ccc21. The zero-order chi connectivity index (χ0) is 14.4. The molecule has 0 radical (unpaired) electrons. The average molecular weight is 292 g/mol. The van der Waals surface area contributed by atoms with Crippen LogP contribution < -0.4 is 4.74 Å². The number of methoxy groups -OCH3 is 1. The Kier molecular flexibility index (Phi) is 5.77. The van der Waals surface area contributed by atoms with Gasteiger partial charge >= 0.3 is 0 Å². The van der Waals surface area contributed by atoms with Crippen LogP contribution in [0.3, 0.4) is 0 Å². The van der Waals surface area contributed by atoms with Gasteiger partial charge in [-0.2, -0.15) is 12.6 Å². The second kappa shape index (κ2) is 7.58. The first-order valence-electron chi connectivity index (χ1n) is 7.44. The second-order valence-electron chi connectivity index (χ2n) is 5.11. The van der Waals surface area contributed by atoms with E-state index in [1.165, 1.54) is 37.6 Å². The molecule has 3 nitrogen and oxygen atoms in total. The number of imidazole rings is 1. The van der Waals surface area contributed by atoms with E-state index in [4.69, 9.17) is 4.74 Å². The molecular formula is C16H24N2OS. The summed E-state index contributed by atoms with van der Waals surface area (Å²) in [6.45, 7) is 3.28. The van der Waals surface area contributed by atoms with Crippen molar-refractivity contribution in [3.63, 3.8) is 0 Å². The summed E-state index contributed by atoms with van der Waals surface area (Å²) in [5, 5.41) is 0. The van der Waals surface area contributed by atoms with Crippen molar-refractivity contribution >= 4 is 23.7 Å². The van der Waals surface area contributed by atoms with Crippen molar-refractivity contribution in [1.29, 1.82) is 0 Å². The Morgan fingerprint density at radius 1 is 1.20 bits per heavy atom. The third-order valence-corrected chi connectivity index (χ3v) is 3.94. The normalized spacial score (nSPS) is 11.2. The molecule has 0 aliphatic carbocycles. The van der Waals surface area contributed by atoms with Crippen LogP contribution in [-0.2, 0) is 12.3 Å². The van der Waals surface area contributed by atoms with Crippen molar-refractivity contribution in [2.24, 2.45) is 0 Å². The number of aryl methyl sites for hydroxylation is 1. The number of hydrogen-bond donors (Lipinski definition) is 1. The quantitative estimate of drug-likeness (QED) is 0.575. The van der Waals surface area contributed by atoms with Gasteiger partial charge in [-0.05, 0) is 18.6 Å². The summed E-state index contributed by atoms with van der Waals surface area (Å²) in [6.07, 6.45) is 6.44. The minimum Gasteiger partial charge on any atom is -0.497 e. The summed E-state index contributed by atoms with van der Waals surface area (Å²) in [5.41, 5.74) is 2.19. The van der Waals surface area contributed by atoms with Crippen molar-refractivity contribution in [1.82, 2.24) is 9.55 Å². The third-order valence-electron chi connectivity index (χ3n) is 3.66. The first-order chi connectivity index (χ1) is 9.80. The maximum absolute atomic E-state index is 5.26. The molecule has 0 aliphatic heterocycles. The van der Waals surface area contributed by atoms with E-state index in [2.05, 4.69) is 35.2 Å². The smallest absolute Gasteiger partial charge is 0.121 e. The lowest BCUT2D eigenvalue weighted by atomic mass is 10.1. The van der Waals surface area contributed by atoms with Crippen LogP contribution >= 0.6 is 12.6 Å². The number of rotatable bonds is 8. The summed E-state index contributed by atoms with van der Waals surface area (Å²) >= 11 is 4.40. The van der Waals surface area contributed by atoms with Crippen LogP contribution in [-0.4, -0.2) is 16.7 Å². The topological polar surface area (TPSA) is 27.1 Å². The van der Waals surface area contributed by atoms with E-state index in [1.54, 1.807) is 7.11 Å². The van der Waals surface area contributed by atoms with Gasteiger partial charge in [0, 0.05) is 18.4 Å². The van der Waals surface area contributed by atoms with Gasteiger partial charge in [0.25, 0.3) is 0 Å². The van der Waals surface area contributed by atoms with Crippen LogP contribution in [0.15, 0.2) is 18.2 Å². The highest BCUT2D eigenvalue weighted by Crippen LogP contribution is 2.23. The Hall–Kier alpha value is -1.16. The Bertz CT molecular complexity index is 551. The monoisotopic (exact) mass is 292 g/mol. The van der Waals surface area contributed by atoms with Crippen molar-refractivity contribution in [3.8, 4) is 5.75 Å². The highest BCUT2D eigenvalue weighted by molar-refractivity contribution is 7.79. The Morgan fingerprint density at radius 2 is 2.00 bits per heavy atom. The molecule has 0 N–H and O–H groups in total. The molecule has 0 atom stereocenters. The zero-order valence-corrected chi connectivity index (χ0v) is 13.3. The van der Waals surface area contributed by atoms with Crippen LogP contribution in [0.2, 0.25) is 0 Å². The van der Waals surface area contributed by atoms with Gasteiger partial charge in [-0.1, -0.05) is 32.6 Å². The molecule has 1 aromatic heterocycles. The van der Waals surface area contributed by atoms with Crippen LogP contribution in [0.1, 0.15) is 44.9 Å². The molecule has 0 amide bonds. The Morgan fingerprint density at radius 3 is 2.70 bits per heavy atom. The van der Waals surface area contributed by atoms with Crippen LogP contribution in [0.25, 0.3) is 11.0 Å². The van der Waals surface area contributed by atoms with Gasteiger partial charge in [0.05, 0.1) is 18.1 Å². The molecule has 0 saturated carbocycles. The molecular weight excluding hydrogens is 268 g/mol. The first kappa shape index (κ1) is 15.2. The molecule has 2 rings (SSSR count). The fraction of sp³-hybridized carbons (Fsp3) is 0.562. The fourth-order valence-corrected chi connectivity index (χ4v) is 2.77. The summed E-state index contributed by atoms with van der Waals surface area (Å²) < 4.78 is 7.56. The maximum atomic E-state index is 5.26. The molecule has 110 valence electrons. The minimum atomic E-state index is 0.673. The second-order valence-corrected chi connectivity index (χ2v) is 5.42. The van der Waals surface area contributed by atoms with E-state index in [0.29, 0.717) is 5.75 Å². The lowest BCUT2D eigenvalue weighted by Gasteiger charge is -2.08. The standard InChI is InChI=1S/C16H24N2OS/c1-3-4-5-6-7-10-18-15-9-8-13(19-2)11-14(15)17-16(18)12-20/h8-9,11,20H,3-7,10,12H2,1-2H3. The molecule has 0 unspecified atom stereocenters. The van der Waals surface area contributed by atoms with Crippen molar-refractivity contribution in [2.75, 3.05) is 7.11 Å².